The van der Waals surface area contributed by atoms with Crippen LogP contribution >= 0.6 is 0 Å². The van der Waals surface area contributed by atoms with E-state index in [2.05, 4.69) is 21.9 Å². The number of morpholine rings is 1. The molecular weight excluding hydrogens is 432 g/mol. The summed E-state index contributed by atoms with van der Waals surface area (Å²) in [7, 11) is 6.54. The molecule has 0 unspecified atom stereocenters. The minimum Gasteiger partial charge on any atom is -0.494 e. The first-order valence-electron chi connectivity index (χ1n) is 11.0. The molecule has 180 valence electrons. The second-order valence-electron chi connectivity index (χ2n) is 7.62. The van der Waals surface area contributed by atoms with Gasteiger partial charge in [-0.25, -0.2) is 4.79 Å². The van der Waals surface area contributed by atoms with Crippen LogP contribution in [0.2, 0.25) is 0 Å². The number of benzene rings is 2. The molecule has 3 rings (SSSR count). The summed E-state index contributed by atoms with van der Waals surface area (Å²) >= 11 is 0. The standard InChI is InChI=1S/C26H32N4O4/c1-19(10-11-20-8-6-7-9-22(20)27-2)25(26(31)33-5)28-29(3)23-13-12-21(18-24(23)32-4)30-14-16-34-17-15-30/h6-13,18,27H,1,14-17H2,2-5H3. The highest BCUT2D eigenvalue weighted by atomic mass is 16.5. The fraction of sp³-hybridized carbons (Fsp3) is 0.308. The van der Waals surface area contributed by atoms with Crippen LogP contribution in [-0.4, -0.2) is 66.3 Å². The Kier molecular flexibility index (Phi) is 8.70. The molecule has 1 aliphatic rings. The number of hydrogen-bond donors (Lipinski definition) is 1. The number of nitrogens with one attached hydrogen (secondary N) is 1. The molecule has 1 saturated heterocycles. The van der Waals surface area contributed by atoms with Crippen LogP contribution in [0.15, 0.2) is 65.8 Å². The van der Waals surface area contributed by atoms with E-state index in [-0.39, 0.29) is 5.71 Å². The van der Waals surface area contributed by atoms with E-state index in [9.17, 15) is 4.79 Å². The van der Waals surface area contributed by atoms with Gasteiger partial charge in [-0.15, -0.1) is 0 Å². The van der Waals surface area contributed by atoms with Crippen LogP contribution in [0.4, 0.5) is 17.1 Å². The molecule has 8 heteroatoms. The Morgan fingerprint density at radius 1 is 1.21 bits per heavy atom. The third kappa shape index (κ3) is 5.96. The number of allylic oxidation sites excluding steroid dienone is 1. The van der Waals surface area contributed by atoms with Crippen molar-refractivity contribution in [3.05, 3.63) is 66.3 Å². The monoisotopic (exact) mass is 464 g/mol. The first-order valence-corrected chi connectivity index (χ1v) is 11.0. The van der Waals surface area contributed by atoms with Gasteiger partial charge < -0.3 is 24.4 Å². The maximum atomic E-state index is 12.5. The van der Waals surface area contributed by atoms with Gasteiger partial charge in [-0.3, -0.25) is 5.01 Å². The number of carbonyl (C=O) groups excluding carboxylic acids is 1. The van der Waals surface area contributed by atoms with Gasteiger partial charge in [0.1, 0.15) is 11.4 Å². The minimum absolute atomic E-state index is 0.0995. The lowest BCUT2D eigenvalue weighted by Crippen LogP contribution is -2.36. The number of hydrogen-bond acceptors (Lipinski definition) is 8. The third-order valence-corrected chi connectivity index (χ3v) is 5.52. The molecule has 1 fully saturated rings. The van der Waals surface area contributed by atoms with Crippen molar-refractivity contribution < 1.29 is 19.0 Å². The van der Waals surface area contributed by atoms with Gasteiger partial charge in [-0.2, -0.15) is 5.10 Å². The third-order valence-electron chi connectivity index (χ3n) is 5.52. The predicted molar refractivity (Wildman–Crippen MR) is 138 cm³/mol. The summed E-state index contributed by atoms with van der Waals surface area (Å²) in [5.74, 6) is 0.0656. The highest BCUT2D eigenvalue weighted by Crippen LogP contribution is 2.33. The second kappa shape index (κ2) is 11.9. The smallest absolute Gasteiger partial charge is 0.359 e. The number of rotatable bonds is 9. The first kappa shape index (κ1) is 24.9. The molecule has 8 nitrogen and oxygen atoms in total. The summed E-state index contributed by atoms with van der Waals surface area (Å²) in [6.07, 6.45) is 3.63. The molecule has 1 N–H and O–H groups in total. The second-order valence-corrected chi connectivity index (χ2v) is 7.62. The quantitative estimate of drug-likeness (QED) is 0.262. The molecule has 0 bridgehead atoms. The highest BCUT2D eigenvalue weighted by molar-refractivity contribution is 6.44. The number of hydrazone groups is 1. The van der Waals surface area contributed by atoms with E-state index in [4.69, 9.17) is 14.2 Å². The number of para-hydroxylation sites is 1. The number of anilines is 3. The van der Waals surface area contributed by atoms with E-state index in [1.54, 1.807) is 25.2 Å². The number of carbonyl (C=O) groups is 1. The Bertz CT molecular complexity index is 1070. The zero-order chi connectivity index (χ0) is 24.5. The van der Waals surface area contributed by atoms with E-state index in [0.717, 1.165) is 30.0 Å². The molecule has 0 saturated carbocycles. The molecule has 2 aromatic rings. The van der Waals surface area contributed by atoms with E-state index >= 15 is 0 Å². The maximum absolute atomic E-state index is 12.5. The van der Waals surface area contributed by atoms with E-state index in [1.807, 2.05) is 55.6 Å². The molecule has 0 amide bonds. The van der Waals surface area contributed by atoms with Gasteiger partial charge in [0.25, 0.3) is 0 Å². The molecule has 1 heterocycles. The van der Waals surface area contributed by atoms with Crippen LogP contribution in [0.5, 0.6) is 5.75 Å². The Balaban J connectivity index is 1.87. The zero-order valence-electron chi connectivity index (χ0n) is 20.2. The minimum atomic E-state index is -0.577. The van der Waals surface area contributed by atoms with E-state index < -0.39 is 5.97 Å². The Morgan fingerprint density at radius 2 is 1.94 bits per heavy atom. The zero-order valence-corrected chi connectivity index (χ0v) is 20.2. The van der Waals surface area contributed by atoms with Gasteiger partial charge in [0, 0.05) is 50.2 Å². The van der Waals surface area contributed by atoms with Crippen molar-refractivity contribution in [2.24, 2.45) is 5.10 Å². The summed E-state index contributed by atoms with van der Waals surface area (Å²) in [6.45, 7) is 7.09. The van der Waals surface area contributed by atoms with Crippen LogP contribution in [-0.2, 0) is 14.3 Å². The van der Waals surface area contributed by atoms with Gasteiger partial charge in [0.15, 0.2) is 5.71 Å². The van der Waals surface area contributed by atoms with Crippen LogP contribution in [0, 0.1) is 0 Å². The fourth-order valence-corrected chi connectivity index (χ4v) is 3.63. The molecule has 0 radical (unpaired) electrons. The summed E-state index contributed by atoms with van der Waals surface area (Å²) in [5, 5.41) is 9.25. The number of ether oxygens (including phenoxy) is 3. The van der Waals surface area contributed by atoms with Gasteiger partial charge in [0.05, 0.1) is 27.4 Å². The molecule has 0 aromatic heterocycles. The molecule has 34 heavy (non-hydrogen) atoms. The molecule has 2 aromatic carbocycles. The SMILES string of the molecule is C=C(C=Cc1ccccc1NC)C(=NN(C)c1ccc(N2CCOCC2)cc1OC)C(=O)OC. The number of nitrogens with zero attached hydrogens (tertiary/aromatic N) is 3. The Morgan fingerprint density at radius 3 is 2.62 bits per heavy atom. The first-order chi connectivity index (χ1) is 16.5. The van der Waals surface area contributed by atoms with Crippen molar-refractivity contribution in [3.8, 4) is 5.75 Å². The van der Waals surface area contributed by atoms with Crippen molar-refractivity contribution in [3.63, 3.8) is 0 Å². The lowest BCUT2D eigenvalue weighted by atomic mass is 10.1. The lowest BCUT2D eigenvalue weighted by Gasteiger charge is -2.29. The fourth-order valence-electron chi connectivity index (χ4n) is 3.63. The van der Waals surface area contributed by atoms with Crippen molar-refractivity contribution in [1.29, 1.82) is 0 Å². The van der Waals surface area contributed by atoms with Crippen molar-refractivity contribution in [1.82, 2.24) is 0 Å². The van der Waals surface area contributed by atoms with Gasteiger partial charge in [-0.05, 0) is 23.8 Å². The summed E-state index contributed by atoms with van der Waals surface area (Å²) in [4.78, 5) is 14.8. The largest absolute Gasteiger partial charge is 0.494 e. The summed E-state index contributed by atoms with van der Waals surface area (Å²) < 4.78 is 16.0. The molecular formula is C26H32N4O4. The number of esters is 1. The normalized spacial score (nSPS) is 14.1. The molecule has 0 atom stereocenters. The highest BCUT2D eigenvalue weighted by Gasteiger charge is 2.19. The molecule has 1 aliphatic heterocycles. The van der Waals surface area contributed by atoms with Crippen LogP contribution in [0.25, 0.3) is 6.08 Å². The average Bonchev–Trinajstić information content (AvgIpc) is 2.89. The topological polar surface area (TPSA) is 75.6 Å². The van der Waals surface area contributed by atoms with Crippen LogP contribution < -0.4 is 20.0 Å². The lowest BCUT2D eigenvalue weighted by molar-refractivity contribution is -0.132. The van der Waals surface area contributed by atoms with Gasteiger partial charge >= 0.3 is 5.97 Å². The maximum Gasteiger partial charge on any atom is 0.359 e. The average molecular weight is 465 g/mol. The Labute approximate surface area is 201 Å². The van der Waals surface area contributed by atoms with Crippen molar-refractivity contribution >= 4 is 34.8 Å². The van der Waals surface area contributed by atoms with E-state index in [1.165, 1.54) is 7.11 Å². The predicted octanol–water partition coefficient (Wildman–Crippen LogP) is 3.81. The van der Waals surface area contributed by atoms with Gasteiger partial charge in [-0.1, -0.05) is 36.9 Å². The van der Waals surface area contributed by atoms with Gasteiger partial charge in [0.2, 0.25) is 0 Å². The van der Waals surface area contributed by atoms with Crippen LogP contribution in [0.3, 0.4) is 0 Å². The summed E-state index contributed by atoms with van der Waals surface area (Å²) in [5.41, 5.74) is 4.20. The van der Waals surface area contributed by atoms with E-state index in [0.29, 0.717) is 30.2 Å². The molecule has 0 aliphatic carbocycles. The molecule has 0 spiro atoms. The van der Waals surface area contributed by atoms with Crippen LogP contribution in [0.1, 0.15) is 5.56 Å². The van der Waals surface area contributed by atoms with Crippen molar-refractivity contribution in [2.45, 2.75) is 0 Å². The van der Waals surface area contributed by atoms with Crippen molar-refractivity contribution in [2.75, 3.05) is 69.8 Å². The Hall–Kier alpha value is -3.78. The summed E-state index contributed by atoms with van der Waals surface area (Å²) in [6, 6.07) is 13.7. The number of methoxy groups -OCH3 is 2.